The summed E-state index contributed by atoms with van der Waals surface area (Å²) >= 11 is 8.91. The molecule has 0 unspecified atom stereocenters. The molecule has 0 N–H and O–H groups in total. The Morgan fingerprint density at radius 1 is 1.30 bits per heavy atom. The molecule has 4 aromatic rings. The van der Waals surface area contributed by atoms with Crippen molar-refractivity contribution in [2.75, 3.05) is 5.75 Å². The predicted molar refractivity (Wildman–Crippen MR) is 121 cm³/mol. The van der Waals surface area contributed by atoms with Crippen molar-refractivity contribution in [2.24, 2.45) is 13.0 Å². The number of benzene rings is 1. The Labute approximate surface area is 185 Å². The largest absolute Gasteiger partial charge is 0.293 e. The van der Waals surface area contributed by atoms with Crippen LogP contribution in [0.1, 0.15) is 34.1 Å². The lowest BCUT2D eigenvalue weighted by Crippen LogP contribution is -2.21. The highest BCUT2D eigenvalue weighted by atomic mass is 35.5. The first-order valence-corrected chi connectivity index (χ1v) is 11.9. The molecule has 3 aromatic heterocycles. The van der Waals surface area contributed by atoms with Gasteiger partial charge in [0.1, 0.15) is 4.83 Å². The zero-order valence-corrected chi connectivity index (χ0v) is 18.9. The van der Waals surface area contributed by atoms with Crippen molar-refractivity contribution in [3.8, 4) is 0 Å². The molecule has 1 aliphatic rings. The van der Waals surface area contributed by atoms with Gasteiger partial charge in [0.25, 0.3) is 5.56 Å². The Balaban J connectivity index is 1.57. The molecule has 1 aliphatic carbocycles. The number of thioether (sulfide) groups is 1. The van der Waals surface area contributed by atoms with Crippen molar-refractivity contribution in [2.45, 2.75) is 31.3 Å². The van der Waals surface area contributed by atoms with Gasteiger partial charge in [0.05, 0.1) is 11.1 Å². The van der Waals surface area contributed by atoms with Gasteiger partial charge in [-0.1, -0.05) is 30.3 Å². The van der Waals surface area contributed by atoms with Gasteiger partial charge in [-0.3, -0.25) is 14.2 Å². The Hall–Kier alpha value is -2.16. The fourth-order valence-corrected chi connectivity index (χ4v) is 6.48. The van der Waals surface area contributed by atoms with E-state index in [9.17, 15) is 9.59 Å². The standard InChI is InChI=1S/C21H19ClN4O2S2/c1-11-3-8-14-16(9-11)30-19-17(14)18(28)25(2)20-23-24-21(26(19)20)29-10-15(27)12-4-6-13(22)7-5-12/h4-7,11H,3,8-10H2,1-2H3/t11-/m1/s1. The minimum Gasteiger partial charge on any atom is -0.293 e. The van der Waals surface area contributed by atoms with E-state index in [0.717, 1.165) is 29.5 Å². The number of halogens is 1. The summed E-state index contributed by atoms with van der Waals surface area (Å²) in [7, 11) is 1.73. The maximum absolute atomic E-state index is 13.1. The van der Waals surface area contributed by atoms with Gasteiger partial charge >= 0.3 is 0 Å². The second-order valence-electron chi connectivity index (χ2n) is 7.73. The van der Waals surface area contributed by atoms with Crippen molar-refractivity contribution in [3.63, 3.8) is 0 Å². The van der Waals surface area contributed by atoms with Crippen LogP contribution in [0.3, 0.4) is 0 Å². The van der Waals surface area contributed by atoms with E-state index in [1.807, 2.05) is 4.40 Å². The zero-order valence-electron chi connectivity index (χ0n) is 16.5. The topological polar surface area (TPSA) is 69.3 Å². The summed E-state index contributed by atoms with van der Waals surface area (Å²) in [5, 5.41) is 10.5. The first-order valence-electron chi connectivity index (χ1n) is 9.74. The highest BCUT2D eigenvalue weighted by Crippen LogP contribution is 2.37. The van der Waals surface area contributed by atoms with E-state index in [-0.39, 0.29) is 17.1 Å². The SMILES string of the molecule is C[C@@H]1CCc2c(sc3c2c(=O)n(C)c2nnc(SCC(=O)c4ccc(Cl)cc4)n32)C1. The van der Waals surface area contributed by atoms with Crippen LogP contribution in [-0.4, -0.2) is 30.7 Å². The smallest absolute Gasteiger partial charge is 0.263 e. The number of hydrogen-bond donors (Lipinski definition) is 0. The number of hydrogen-bond acceptors (Lipinski definition) is 6. The summed E-state index contributed by atoms with van der Waals surface area (Å²) in [6.07, 6.45) is 3.02. The van der Waals surface area contributed by atoms with Crippen molar-refractivity contribution < 1.29 is 4.79 Å². The normalized spacial score (nSPS) is 16.3. The summed E-state index contributed by atoms with van der Waals surface area (Å²) < 4.78 is 3.50. The summed E-state index contributed by atoms with van der Waals surface area (Å²) in [6, 6.07) is 6.87. The average molecular weight is 459 g/mol. The monoisotopic (exact) mass is 458 g/mol. The van der Waals surface area contributed by atoms with Gasteiger partial charge in [-0.05, 0) is 55.0 Å². The van der Waals surface area contributed by atoms with Crippen LogP contribution in [0.15, 0.2) is 34.2 Å². The van der Waals surface area contributed by atoms with Crippen LogP contribution in [0.5, 0.6) is 0 Å². The minimum atomic E-state index is -0.0225. The molecule has 0 saturated heterocycles. The van der Waals surface area contributed by atoms with E-state index in [2.05, 4.69) is 17.1 Å². The fraction of sp³-hybridized carbons (Fsp3) is 0.333. The van der Waals surface area contributed by atoms with Gasteiger partial charge < -0.3 is 0 Å². The van der Waals surface area contributed by atoms with Crippen molar-refractivity contribution in [3.05, 3.63) is 55.6 Å². The van der Waals surface area contributed by atoms with E-state index in [0.29, 0.717) is 27.4 Å². The molecule has 0 amide bonds. The van der Waals surface area contributed by atoms with Crippen LogP contribution in [-0.2, 0) is 19.9 Å². The number of carbonyl (C=O) groups excluding carboxylic acids is 1. The Morgan fingerprint density at radius 2 is 2.07 bits per heavy atom. The Bertz CT molecular complexity index is 1350. The number of thiophene rings is 1. The lowest BCUT2D eigenvalue weighted by atomic mass is 9.89. The predicted octanol–water partition coefficient (Wildman–Crippen LogP) is 4.40. The second kappa shape index (κ2) is 7.51. The van der Waals surface area contributed by atoms with Gasteiger partial charge in [0.15, 0.2) is 10.9 Å². The molecule has 1 atom stereocenters. The highest BCUT2D eigenvalue weighted by molar-refractivity contribution is 7.99. The number of fused-ring (bicyclic) bond motifs is 5. The number of aryl methyl sites for hydroxylation is 2. The zero-order chi connectivity index (χ0) is 21.0. The third-order valence-electron chi connectivity index (χ3n) is 5.63. The van der Waals surface area contributed by atoms with Gasteiger partial charge in [0, 0.05) is 22.5 Å². The molecule has 30 heavy (non-hydrogen) atoms. The molecule has 1 aromatic carbocycles. The molecule has 6 nitrogen and oxygen atoms in total. The molecular formula is C21H19ClN4O2S2. The van der Waals surface area contributed by atoms with Gasteiger partial charge in [-0.2, -0.15) is 0 Å². The summed E-state index contributed by atoms with van der Waals surface area (Å²) in [6.45, 7) is 2.25. The fourth-order valence-electron chi connectivity index (χ4n) is 3.97. The molecule has 0 aliphatic heterocycles. The summed E-state index contributed by atoms with van der Waals surface area (Å²) in [5.74, 6) is 1.35. The van der Waals surface area contributed by atoms with E-state index < -0.39 is 0 Å². The van der Waals surface area contributed by atoms with Gasteiger partial charge in [-0.15, -0.1) is 21.5 Å². The molecular weight excluding hydrogens is 440 g/mol. The number of ketones is 1. The molecule has 5 rings (SSSR count). The lowest BCUT2D eigenvalue weighted by molar-refractivity contribution is 0.102. The number of nitrogens with zero attached hydrogens (tertiary/aromatic N) is 4. The molecule has 0 radical (unpaired) electrons. The number of aromatic nitrogens is 4. The van der Waals surface area contributed by atoms with E-state index in [1.165, 1.54) is 22.2 Å². The van der Waals surface area contributed by atoms with Crippen molar-refractivity contribution in [1.82, 2.24) is 19.2 Å². The Kier molecular flexibility index (Phi) is 4.95. The molecule has 154 valence electrons. The number of carbonyl (C=O) groups is 1. The van der Waals surface area contributed by atoms with Crippen molar-refractivity contribution in [1.29, 1.82) is 0 Å². The maximum Gasteiger partial charge on any atom is 0.263 e. The van der Waals surface area contributed by atoms with Crippen LogP contribution in [0.25, 0.3) is 16.0 Å². The van der Waals surface area contributed by atoms with Crippen LogP contribution in [0.4, 0.5) is 0 Å². The van der Waals surface area contributed by atoms with E-state index in [1.54, 1.807) is 47.2 Å². The average Bonchev–Trinajstić information content (AvgIpc) is 3.31. The maximum atomic E-state index is 13.1. The quantitative estimate of drug-likeness (QED) is 0.335. The first kappa shape index (κ1) is 19.8. The third kappa shape index (κ3) is 3.18. The van der Waals surface area contributed by atoms with E-state index >= 15 is 0 Å². The molecule has 0 spiro atoms. The van der Waals surface area contributed by atoms with Crippen LogP contribution >= 0.6 is 34.7 Å². The Morgan fingerprint density at radius 3 is 2.83 bits per heavy atom. The van der Waals surface area contributed by atoms with Crippen LogP contribution < -0.4 is 5.56 Å². The molecule has 0 bridgehead atoms. The molecule has 0 saturated carbocycles. The second-order valence-corrected chi connectivity index (χ2v) is 10.2. The minimum absolute atomic E-state index is 0.00576. The van der Waals surface area contributed by atoms with Crippen molar-refractivity contribution >= 4 is 56.5 Å². The van der Waals surface area contributed by atoms with Gasteiger partial charge in [-0.25, -0.2) is 4.40 Å². The number of rotatable bonds is 4. The van der Waals surface area contributed by atoms with Gasteiger partial charge in [0.2, 0.25) is 5.78 Å². The lowest BCUT2D eigenvalue weighted by Gasteiger charge is -2.17. The number of Topliss-reactive ketones (excluding diaryl/α,β-unsaturated/α-hetero) is 1. The molecule has 9 heteroatoms. The van der Waals surface area contributed by atoms with Crippen LogP contribution in [0.2, 0.25) is 5.02 Å². The molecule has 3 heterocycles. The highest BCUT2D eigenvalue weighted by Gasteiger charge is 2.26. The van der Waals surface area contributed by atoms with Crippen LogP contribution in [0, 0.1) is 5.92 Å². The van der Waals surface area contributed by atoms with E-state index in [4.69, 9.17) is 11.6 Å². The summed E-state index contributed by atoms with van der Waals surface area (Å²) in [5.41, 5.74) is 1.77. The first-order chi connectivity index (χ1) is 14.4. The summed E-state index contributed by atoms with van der Waals surface area (Å²) in [4.78, 5) is 27.8. The molecule has 0 fully saturated rings. The third-order valence-corrected chi connectivity index (χ3v) is 8.05.